The first-order valence-electron chi connectivity index (χ1n) is 9.52. The molecule has 1 aromatic rings. The fourth-order valence-corrected chi connectivity index (χ4v) is 4.26. The zero-order chi connectivity index (χ0) is 19.8. The molecule has 27 heavy (non-hydrogen) atoms. The van der Waals surface area contributed by atoms with Gasteiger partial charge in [0.15, 0.2) is 18.1 Å². The Balaban J connectivity index is 1.82. The summed E-state index contributed by atoms with van der Waals surface area (Å²) in [4.78, 5) is 4.92. The minimum atomic E-state index is -4.37. The van der Waals surface area contributed by atoms with E-state index >= 15 is 0 Å². The van der Waals surface area contributed by atoms with Crippen molar-refractivity contribution >= 4 is 0 Å². The molecule has 3 rings (SSSR count). The Morgan fingerprint density at radius 1 is 1.19 bits per heavy atom. The first-order chi connectivity index (χ1) is 12.7. The molecule has 0 N–H and O–H groups in total. The number of hydrogen-bond acceptors (Lipinski definition) is 4. The van der Waals surface area contributed by atoms with Gasteiger partial charge in [0.2, 0.25) is 0 Å². The Morgan fingerprint density at radius 3 is 2.56 bits per heavy atom. The second-order valence-electron chi connectivity index (χ2n) is 8.09. The molecule has 0 bridgehead atoms. The highest BCUT2D eigenvalue weighted by Crippen LogP contribution is 2.40. The smallest absolute Gasteiger partial charge is 0.422 e. The van der Waals surface area contributed by atoms with Crippen LogP contribution in [0.2, 0.25) is 0 Å². The molecule has 152 valence electrons. The van der Waals surface area contributed by atoms with Gasteiger partial charge in [-0.15, -0.1) is 0 Å². The van der Waals surface area contributed by atoms with Crippen molar-refractivity contribution in [2.75, 3.05) is 40.4 Å². The van der Waals surface area contributed by atoms with Crippen LogP contribution >= 0.6 is 0 Å². The lowest BCUT2D eigenvalue weighted by atomic mass is 9.88. The molecule has 0 spiro atoms. The molecule has 1 aromatic carbocycles. The van der Waals surface area contributed by atoms with Crippen LogP contribution in [0.5, 0.6) is 11.5 Å². The number of alkyl halides is 3. The monoisotopic (exact) mass is 386 g/mol. The molecule has 2 heterocycles. The number of ether oxygens (including phenoxy) is 2. The van der Waals surface area contributed by atoms with Crippen LogP contribution < -0.4 is 9.47 Å². The van der Waals surface area contributed by atoms with E-state index in [1.165, 1.54) is 13.5 Å². The molecule has 0 amide bonds. The number of benzene rings is 1. The molecule has 2 aliphatic rings. The Labute approximate surface area is 159 Å². The predicted octanol–water partition coefficient (Wildman–Crippen LogP) is 3.90. The molecule has 1 saturated heterocycles. The molecule has 4 nitrogen and oxygen atoms in total. The number of piperazine rings is 1. The Kier molecular flexibility index (Phi) is 5.91. The zero-order valence-electron chi connectivity index (χ0n) is 16.5. The number of halogens is 3. The molecular weight excluding hydrogens is 357 g/mol. The number of methoxy groups -OCH3 is 1. The average molecular weight is 386 g/mol. The third-order valence-electron chi connectivity index (χ3n) is 5.56. The first kappa shape index (κ1) is 20.3. The van der Waals surface area contributed by atoms with Gasteiger partial charge >= 0.3 is 6.18 Å². The van der Waals surface area contributed by atoms with Crippen LogP contribution in [0.15, 0.2) is 12.1 Å². The van der Waals surface area contributed by atoms with Crippen molar-refractivity contribution in [3.63, 3.8) is 0 Å². The van der Waals surface area contributed by atoms with Crippen molar-refractivity contribution < 1.29 is 22.6 Å². The van der Waals surface area contributed by atoms with Crippen LogP contribution in [0.25, 0.3) is 0 Å². The van der Waals surface area contributed by atoms with E-state index < -0.39 is 12.8 Å². The lowest BCUT2D eigenvalue weighted by Gasteiger charge is -2.48. The van der Waals surface area contributed by atoms with E-state index in [2.05, 4.69) is 30.7 Å². The second-order valence-corrected chi connectivity index (χ2v) is 8.09. The van der Waals surface area contributed by atoms with Gasteiger partial charge in [0, 0.05) is 31.7 Å². The van der Waals surface area contributed by atoms with Crippen molar-refractivity contribution in [2.45, 2.75) is 44.9 Å². The average Bonchev–Trinajstić information content (AvgIpc) is 2.58. The molecule has 2 unspecified atom stereocenters. The Hall–Kier alpha value is -1.47. The fraction of sp³-hybridized carbons (Fsp3) is 0.700. The van der Waals surface area contributed by atoms with Gasteiger partial charge in [-0.05, 0) is 49.1 Å². The summed E-state index contributed by atoms with van der Waals surface area (Å²) in [6.45, 7) is 6.05. The molecule has 7 heteroatoms. The van der Waals surface area contributed by atoms with Gasteiger partial charge in [-0.3, -0.25) is 4.90 Å². The summed E-state index contributed by atoms with van der Waals surface area (Å²) in [6, 6.07) is 4.39. The van der Waals surface area contributed by atoms with Crippen molar-refractivity contribution in [1.82, 2.24) is 9.80 Å². The topological polar surface area (TPSA) is 24.9 Å². The molecule has 0 aliphatic carbocycles. The van der Waals surface area contributed by atoms with Crippen LogP contribution in [0.4, 0.5) is 13.2 Å². The highest BCUT2D eigenvalue weighted by molar-refractivity contribution is 5.49. The normalized spacial score (nSPS) is 23.9. The highest BCUT2D eigenvalue weighted by Gasteiger charge is 2.37. The van der Waals surface area contributed by atoms with Crippen molar-refractivity contribution in [1.29, 1.82) is 0 Å². The lowest BCUT2D eigenvalue weighted by molar-refractivity contribution is -0.153. The molecule has 2 aliphatic heterocycles. The summed E-state index contributed by atoms with van der Waals surface area (Å²) < 4.78 is 47.9. The lowest BCUT2D eigenvalue weighted by Crippen LogP contribution is -2.55. The van der Waals surface area contributed by atoms with Crippen LogP contribution in [-0.4, -0.2) is 62.4 Å². The first-order valence-corrected chi connectivity index (χ1v) is 9.52. The van der Waals surface area contributed by atoms with E-state index in [0.717, 1.165) is 37.2 Å². The van der Waals surface area contributed by atoms with E-state index in [1.54, 1.807) is 6.07 Å². The third kappa shape index (κ3) is 4.69. The van der Waals surface area contributed by atoms with Crippen LogP contribution in [-0.2, 0) is 6.42 Å². The SMILES string of the molecule is COc1cc2c(cc1OCC(F)(F)F)CCN1CC(CC(C)C)N(C)CC21. The summed E-state index contributed by atoms with van der Waals surface area (Å²) in [7, 11) is 3.63. The minimum Gasteiger partial charge on any atom is -0.493 e. The highest BCUT2D eigenvalue weighted by atomic mass is 19.4. The van der Waals surface area contributed by atoms with Crippen molar-refractivity contribution in [3.8, 4) is 11.5 Å². The van der Waals surface area contributed by atoms with Gasteiger partial charge in [0.25, 0.3) is 0 Å². The Bertz CT molecular complexity index is 663. The predicted molar refractivity (Wildman–Crippen MR) is 98.4 cm³/mol. The summed E-state index contributed by atoms with van der Waals surface area (Å²) >= 11 is 0. The van der Waals surface area contributed by atoms with E-state index in [-0.39, 0.29) is 11.8 Å². The number of rotatable bonds is 5. The molecule has 1 fully saturated rings. The number of hydrogen-bond donors (Lipinski definition) is 0. The zero-order valence-corrected chi connectivity index (χ0v) is 16.5. The molecular formula is C20H29F3N2O2. The van der Waals surface area contributed by atoms with Gasteiger partial charge in [-0.1, -0.05) is 13.8 Å². The van der Waals surface area contributed by atoms with Crippen LogP contribution in [0, 0.1) is 5.92 Å². The summed E-state index contributed by atoms with van der Waals surface area (Å²) in [5.41, 5.74) is 2.21. The van der Waals surface area contributed by atoms with Gasteiger partial charge in [-0.2, -0.15) is 13.2 Å². The van der Waals surface area contributed by atoms with Crippen molar-refractivity contribution in [2.24, 2.45) is 5.92 Å². The van der Waals surface area contributed by atoms with Crippen LogP contribution in [0.3, 0.4) is 0 Å². The standard InChI is InChI=1S/C20H29F3N2O2/c1-13(2)7-15-10-25-6-5-14-8-19(27-12-20(21,22)23)18(26-4)9-16(14)17(25)11-24(15)3/h8-9,13,15,17H,5-7,10-12H2,1-4H3. The van der Waals surface area contributed by atoms with E-state index in [0.29, 0.717) is 17.7 Å². The van der Waals surface area contributed by atoms with Gasteiger partial charge < -0.3 is 14.4 Å². The fourth-order valence-electron chi connectivity index (χ4n) is 4.26. The molecule has 0 saturated carbocycles. The molecule has 2 atom stereocenters. The van der Waals surface area contributed by atoms with Gasteiger partial charge in [0.05, 0.1) is 7.11 Å². The minimum absolute atomic E-state index is 0.170. The van der Waals surface area contributed by atoms with Gasteiger partial charge in [-0.25, -0.2) is 0 Å². The van der Waals surface area contributed by atoms with E-state index in [9.17, 15) is 13.2 Å². The third-order valence-corrected chi connectivity index (χ3v) is 5.56. The van der Waals surface area contributed by atoms with Crippen molar-refractivity contribution in [3.05, 3.63) is 23.3 Å². The van der Waals surface area contributed by atoms with Gasteiger partial charge in [0.1, 0.15) is 0 Å². The summed E-state index contributed by atoms with van der Waals surface area (Å²) in [6.07, 6.45) is -2.38. The summed E-state index contributed by atoms with van der Waals surface area (Å²) in [5, 5.41) is 0. The van der Waals surface area contributed by atoms with E-state index in [4.69, 9.17) is 9.47 Å². The maximum Gasteiger partial charge on any atom is 0.422 e. The van der Waals surface area contributed by atoms with E-state index in [1.807, 2.05) is 6.07 Å². The number of nitrogens with zero attached hydrogens (tertiary/aromatic N) is 2. The molecule has 0 radical (unpaired) electrons. The quantitative estimate of drug-likeness (QED) is 0.766. The molecule has 0 aromatic heterocycles. The van der Waals surface area contributed by atoms with Crippen LogP contribution in [0.1, 0.15) is 37.4 Å². The second kappa shape index (κ2) is 7.87. The number of fused-ring (bicyclic) bond motifs is 3. The maximum absolute atomic E-state index is 12.5. The maximum atomic E-state index is 12.5. The Morgan fingerprint density at radius 2 is 1.93 bits per heavy atom. The summed E-state index contributed by atoms with van der Waals surface area (Å²) in [5.74, 6) is 1.19. The largest absolute Gasteiger partial charge is 0.493 e. The number of likely N-dealkylation sites (N-methyl/N-ethyl adjacent to an activating group) is 1.